The zero-order chi connectivity index (χ0) is 16.9. The van der Waals surface area contributed by atoms with Crippen LogP contribution in [0.3, 0.4) is 0 Å². The molecule has 0 atom stereocenters. The fourth-order valence-electron chi connectivity index (χ4n) is 2.77. The fourth-order valence-corrected chi connectivity index (χ4v) is 2.77. The summed E-state index contributed by atoms with van der Waals surface area (Å²) >= 11 is 0. The van der Waals surface area contributed by atoms with E-state index in [4.69, 9.17) is 0 Å². The first-order chi connectivity index (χ1) is 11.6. The van der Waals surface area contributed by atoms with E-state index in [-0.39, 0.29) is 11.6 Å². The number of halogens is 1. The maximum Gasteiger partial charge on any atom is 0.185 e. The summed E-state index contributed by atoms with van der Waals surface area (Å²) in [6.07, 6.45) is 2.94. The molecule has 0 saturated carbocycles. The Morgan fingerprint density at radius 3 is 2.33 bits per heavy atom. The summed E-state index contributed by atoms with van der Waals surface area (Å²) in [5.74, 6) is -0.449. The number of benzene rings is 2. The predicted octanol–water partition coefficient (Wildman–Crippen LogP) is 3.47. The molecule has 3 nitrogen and oxygen atoms in total. The molecular formula is C20H21FN2O. The van der Waals surface area contributed by atoms with Crippen LogP contribution in [0.1, 0.15) is 15.9 Å². The molecule has 1 aliphatic rings. The lowest BCUT2D eigenvalue weighted by Crippen LogP contribution is -2.44. The van der Waals surface area contributed by atoms with Crippen LogP contribution >= 0.6 is 0 Å². The maximum absolute atomic E-state index is 13.6. The van der Waals surface area contributed by atoms with Crippen molar-refractivity contribution in [2.75, 3.05) is 38.1 Å². The van der Waals surface area contributed by atoms with E-state index in [1.807, 2.05) is 24.3 Å². The van der Waals surface area contributed by atoms with Gasteiger partial charge in [0.1, 0.15) is 5.82 Å². The maximum atomic E-state index is 13.6. The number of carbonyl (C=O) groups is 1. The minimum absolute atomic E-state index is 0.122. The number of nitrogens with zero attached hydrogens (tertiary/aromatic N) is 2. The van der Waals surface area contributed by atoms with Gasteiger partial charge in [0.15, 0.2) is 5.78 Å². The molecule has 0 aliphatic carbocycles. The molecule has 1 heterocycles. The first-order valence-corrected chi connectivity index (χ1v) is 8.14. The molecule has 0 radical (unpaired) electrons. The van der Waals surface area contributed by atoms with E-state index < -0.39 is 0 Å². The van der Waals surface area contributed by atoms with Crippen LogP contribution in [0.2, 0.25) is 0 Å². The largest absolute Gasteiger partial charge is 0.369 e. The average molecular weight is 324 g/mol. The van der Waals surface area contributed by atoms with Crippen LogP contribution in [0.25, 0.3) is 6.08 Å². The van der Waals surface area contributed by atoms with Crippen molar-refractivity contribution in [3.63, 3.8) is 0 Å². The van der Waals surface area contributed by atoms with Crippen LogP contribution in [-0.2, 0) is 0 Å². The first-order valence-electron chi connectivity index (χ1n) is 8.14. The third-order valence-corrected chi connectivity index (χ3v) is 4.34. The molecular weight excluding hydrogens is 303 g/mol. The van der Waals surface area contributed by atoms with Gasteiger partial charge in [-0.1, -0.05) is 18.2 Å². The van der Waals surface area contributed by atoms with Gasteiger partial charge >= 0.3 is 0 Å². The van der Waals surface area contributed by atoms with Crippen LogP contribution in [-0.4, -0.2) is 43.9 Å². The zero-order valence-corrected chi connectivity index (χ0v) is 13.8. The van der Waals surface area contributed by atoms with E-state index in [1.165, 1.54) is 18.2 Å². The Kier molecular flexibility index (Phi) is 5.06. The van der Waals surface area contributed by atoms with E-state index in [1.54, 1.807) is 18.2 Å². The Hall–Kier alpha value is -2.46. The number of hydrogen-bond acceptors (Lipinski definition) is 3. The fraction of sp³-hybridized carbons (Fsp3) is 0.250. The molecule has 1 fully saturated rings. The SMILES string of the molecule is CN1CCN(c2ccc(C(=O)C=Cc3ccccc3F)cc2)CC1. The molecule has 4 heteroatoms. The first kappa shape index (κ1) is 16.4. The van der Waals surface area contributed by atoms with Gasteiger partial charge in [-0.25, -0.2) is 4.39 Å². The molecule has 0 aromatic heterocycles. The number of likely N-dealkylation sites (N-methyl/N-ethyl adjacent to an activating group) is 1. The van der Waals surface area contributed by atoms with Crippen molar-refractivity contribution in [3.05, 3.63) is 71.6 Å². The Balaban J connectivity index is 1.67. The third-order valence-electron chi connectivity index (χ3n) is 4.34. The molecule has 24 heavy (non-hydrogen) atoms. The van der Waals surface area contributed by atoms with Crippen molar-refractivity contribution in [1.82, 2.24) is 4.90 Å². The molecule has 0 unspecified atom stereocenters. The lowest BCUT2D eigenvalue weighted by molar-refractivity contribution is 0.104. The number of rotatable bonds is 4. The monoisotopic (exact) mass is 324 g/mol. The Morgan fingerprint density at radius 2 is 1.67 bits per heavy atom. The summed E-state index contributed by atoms with van der Waals surface area (Å²) in [6.45, 7) is 4.09. The second-order valence-electron chi connectivity index (χ2n) is 6.06. The molecule has 0 spiro atoms. The quantitative estimate of drug-likeness (QED) is 0.635. The summed E-state index contributed by atoms with van der Waals surface area (Å²) in [5, 5.41) is 0. The standard InChI is InChI=1S/C20H21FN2O/c1-22-12-14-23(15-13-22)18-9-6-17(7-10-18)20(24)11-8-16-4-2-3-5-19(16)21/h2-11H,12-15H2,1H3. The van der Waals surface area contributed by atoms with Crippen LogP contribution in [0.15, 0.2) is 54.6 Å². The van der Waals surface area contributed by atoms with Crippen LogP contribution < -0.4 is 4.90 Å². The number of ketones is 1. The summed E-state index contributed by atoms with van der Waals surface area (Å²) in [5.41, 5.74) is 2.16. The van der Waals surface area contributed by atoms with E-state index >= 15 is 0 Å². The third kappa shape index (κ3) is 3.89. The predicted molar refractivity (Wildman–Crippen MR) is 95.9 cm³/mol. The normalized spacial score (nSPS) is 15.8. The Bertz CT molecular complexity index is 732. The van der Waals surface area contributed by atoms with Crippen molar-refractivity contribution < 1.29 is 9.18 Å². The molecule has 0 bridgehead atoms. The highest BCUT2D eigenvalue weighted by molar-refractivity contribution is 6.07. The van der Waals surface area contributed by atoms with E-state index in [0.29, 0.717) is 11.1 Å². The molecule has 2 aromatic rings. The summed E-state index contributed by atoms with van der Waals surface area (Å²) in [6, 6.07) is 14.0. The number of anilines is 1. The van der Waals surface area contributed by atoms with E-state index in [0.717, 1.165) is 31.9 Å². The Labute approximate surface area is 142 Å². The highest BCUT2D eigenvalue weighted by atomic mass is 19.1. The molecule has 124 valence electrons. The minimum atomic E-state index is -0.327. The second kappa shape index (κ2) is 7.41. The number of carbonyl (C=O) groups excluding carboxylic acids is 1. The molecule has 1 aliphatic heterocycles. The number of piperazine rings is 1. The summed E-state index contributed by atoms with van der Waals surface area (Å²) in [7, 11) is 2.13. The van der Waals surface area contributed by atoms with Gasteiger partial charge in [0.2, 0.25) is 0 Å². The zero-order valence-electron chi connectivity index (χ0n) is 13.8. The summed E-state index contributed by atoms with van der Waals surface area (Å²) < 4.78 is 13.6. The van der Waals surface area contributed by atoms with E-state index in [9.17, 15) is 9.18 Å². The lowest BCUT2D eigenvalue weighted by Gasteiger charge is -2.34. The van der Waals surface area contributed by atoms with Crippen molar-refractivity contribution >= 4 is 17.5 Å². The molecule has 1 saturated heterocycles. The van der Waals surface area contributed by atoms with Gasteiger partial charge in [0.25, 0.3) is 0 Å². The van der Waals surface area contributed by atoms with Gasteiger partial charge in [0, 0.05) is 43.0 Å². The van der Waals surface area contributed by atoms with Crippen molar-refractivity contribution in [2.24, 2.45) is 0 Å². The van der Waals surface area contributed by atoms with Gasteiger partial charge in [-0.15, -0.1) is 0 Å². The molecule has 0 N–H and O–H groups in total. The van der Waals surface area contributed by atoms with Crippen LogP contribution in [0, 0.1) is 5.82 Å². The van der Waals surface area contributed by atoms with Crippen LogP contribution in [0.4, 0.5) is 10.1 Å². The highest BCUT2D eigenvalue weighted by Gasteiger charge is 2.14. The van der Waals surface area contributed by atoms with Crippen molar-refractivity contribution in [3.8, 4) is 0 Å². The van der Waals surface area contributed by atoms with Crippen molar-refractivity contribution in [2.45, 2.75) is 0 Å². The topological polar surface area (TPSA) is 23.6 Å². The molecule has 3 rings (SSSR count). The van der Waals surface area contributed by atoms with Gasteiger partial charge < -0.3 is 9.80 Å². The summed E-state index contributed by atoms with van der Waals surface area (Å²) in [4.78, 5) is 16.9. The lowest BCUT2D eigenvalue weighted by atomic mass is 10.1. The number of hydrogen-bond donors (Lipinski definition) is 0. The van der Waals surface area contributed by atoms with Gasteiger partial charge in [-0.3, -0.25) is 4.79 Å². The average Bonchev–Trinajstić information content (AvgIpc) is 2.62. The van der Waals surface area contributed by atoms with Crippen molar-refractivity contribution in [1.29, 1.82) is 0 Å². The van der Waals surface area contributed by atoms with Gasteiger partial charge in [-0.2, -0.15) is 0 Å². The second-order valence-corrected chi connectivity index (χ2v) is 6.06. The van der Waals surface area contributed by atoms with Gasteiger partial charge in [-0.05, 0) is 49.5 Å². The van der Waals surface area contributed by atoms with E-state index in [2.05, 4.69) is 16.8 Å². The minimum Gasteiger partial charge on any atom is -0.369 e. The number of allylic oxidation sites excluding steroid dienone is 1. The van der Waals surface area contributed by atoms with Gasteiger partial charge in [0.05, 0.1) is 0 Å². The highest BCUT2D eigenvalue weighted by Crippen LogP contribution is 2.18. The van der Waals surface area contributed by atoms with Crippen LogP contribution in [0.5, 0.6) is 0 Å². The molecule has 0 amide bonds. The Morgan fingerprint density at radius 1 is 1.00 bits per heavy atom. The molecule has 2 aromatic carbocycles. The smallest absolute Gasteiger partial charge is 0.185 e.